The Balaban J connectivity index is 2.01. The fourth-order valence-corrected chi connectivity index (χ4v) is 3.86. The average Bonchev–Trinajstić information content (AvgIpc) is 2.72. The van der Waals surface area contributed by atoms with Crippen LogP contribution in [0.5, 0.6) is 0 Å². The molecule has 1 fully saturated rings. The third-order valence-corrected chi connectivity index (χ3v) is 4.74. The van der Waals surface area contributed by atoms with Crippen molar-refractivity contribution in [3.05, 3.63) is 41.5 Å². The molecule has 1 saturated carbocycles. The van der Waals surface area contributed by atoms with Crippen LogP contribution < -0.4 is 5.32 Å². The number of likely N-dealkylation sites (N-methyl/N-ethyl adjacent to an activating group) is 1. The smallest absolute Gasteiger partial charge is 0.0137 e. The molecule has 0 bridgehead atoms. The predicted octanol–water partition coefficient (Wildman–Crippen LogP) is 3.90. The van der Waals surface area contributed by atoms with E-state index in [0.29, 0.717) is 5.41 Å². The Labute approximate surface area is 110 Å². The Morgan fingerprint density at radius 1 is 1.17 bits per heavy atom. The van der Waals surface area contributed by atoms with Crippen LogP contribution in [0, 0.1) is 0 Å². The first-order valence-electron chi connectivity index (χ1n) is 7.29. The van der Waals surface area contributed by atoms with Crippen molar-refractivity contribution in [3.8, 4) is 0 Å². The largest absolute Gasteiger partial charge is 0.316 e. The first-order chi connectivity index (χ1) is 8.86. The second-order valence-corrected chi connectivity index (χ2v) is 5.85. The van der Waals surface area contributed by atoms with Crippen molar-refractivity contribution in [2.24, 2.45) is 0 Å². The monoisotopic (exact) mass is 241 g/mol. The molecule has 1 N–H and O–H groups in total. The van der Waals surface area contributed by atoms with Crippen molar-refractivity contribution < 1.29 is 0 Å². The van der Waals surface area contributed by atoms with E-state index < -0.39 is 0 Å². The van der Waals surface area contributed by atoms with Crippen LogP contribution in [0.15, 0.2) is 30.3 Å². The Kier molecular flexibility index (Phi) is 3.25. The number of rotatable bonds is 2. The van der Waals surface area contributed by atoms with Crippen LogP contribution in [0.2, 0.25) is 0 Å². The SMILES string of the molecule is CNCC=C1CC2(CCCCC2)c2ccccc21. The molecule has 0 aliphatic heterocycles. The number of hydrogen-bond donors (Lipinski definition) is 1. The zero-order valence-corrected chi connectivity index (χ0v) is 11.3. The van der Waals surface area contributed by atoms with E-state index in [1.807, 2.05) is 7.05 Å². The van der Waals surface area contributed by atoms with E-state index in [1.54, 1.807) is 11.1 Å². The van der Waals surface area contributed by atoms with E-state index in [9.17, 15) is 0 Å². The number of fused-ring (bicyclic) bond motifs is 2. The summed E-state index contributed by atoms with van der Waals surface area (Å²) in [4.78, 5) is 0. The van der Waals surface area contributed by atoms with Crippen molar-refractivity contribution in [1.29, 1.82) is 0 Å². The molecule has 0 aromatic heterocycles. The zero-order chi connectivity index (χ0) is 12.4. The first kappa shape index (κ1) is 12.0. The molecule has 2 aliphatic rings. The zero-order valence-electron chi connectivity index (χ0n) is 11.3. The van der Waals surface area contributed by atoms with E-state index in [4.69, 9.17) is 0 Å². The molecule has 1 aromatic carbocycles. The number of nitrogens with one attached hydrogen (secondary N) is 1. The number of allylic oxidation sites excluding steroid dienone is 1. The molecule has 96 valence electrons. The standard InChI is InChI=1S/C17H23N/c1-18-12-9-14-13-17(10-5-2-6-11-17)16-8-4-3-7-15(14)16/h3-4,7-9,18H,2,5-6,10-13H2,1H3. The van der Waals surface area contributed by atoms with Crippen LogP contribution in [-0.2, 0) is 5.41 Å². The van der Waals surface area contributed by atoms with Gasteiger partial charge in [0.1, 0.15) is 0 Å². The Morgan fingerprint density at radius 2 is 1.94 bits per heavy atom. The van der Waals surface area contributed by atoms with Crippen LogP contribution in [0.25, 0.3) is 5.57 Å². The van der Waals surface area contributed by atoms with Crippen LogP contribution in [-0.4, -0.2) is 13.6 Å². The quantitative estimate of drug-likeness (QED) is 0.828. The third kappa shape index (κ3) is 1.91. The van der Waals surface area contributed by atoms with Gasteiger partial charge in [-0.15, -0.1) is 0 Å². The minimum Gasteiger partial charge on any atom is -0.316 e. The van der Waals surface area contributed by atoms with E-state index in [-0.39, 0.29) is 0 Å². The summed E-state index contributed by atoms with van der Waals surface area (Å²) < 4.78 is 0. The summed E-state index contributed by atoms with van der Waals surface area (Å²) in [6, 6.07) is 9.10. The first-order valence-corrected chi connectivity index (χ1v) is 7.29. The van der Waals surface area contributed by atoms with Gasteiger partial charge >= 0.3 is 0 Å². The van der Waals surface area contributed by atoms with Crippen molar-refractivity contribution in [2.75, 3.05) is 13.6 Å². The lowest BCUT2D eigenvalue weighted by molar-refractivity contribution is 0.307. The van der Waals surface area contributed by atoms with Gasteiger partial charge in [0.05, 0.1) is 0 Å². The van der Waals surface area contributed by atoms with E-state index >= 15 is 0 Å². The highest BCUT2D eigenvalue weighted by atomic mass is 14.8. The summed E-state index contributed by atoms with van der Waals surface area (Å²) >= 11 is 0. The second kappa shape index (κ2) is 4.89. The summed E-state index contributed by atoms with van der Waals surface area (Å²) in [6.45, 7) is 0.986. The fourth-order valence-electron chi connectivity index (χ4n) is 3.86. The third-order valence-electron chi connectivity index (χ3n) is 4.74. The maximum Gasteiger partial charge on any atom is 0.0137 e. The van der Waals surface area contributed by atoms with Gasteiger partial charge in [0.15, 0.2) is 0 Å². The Bertz CT molecular complexity index is 452. The second-order valence-electron chi connectivity index (χ2n) is 5.85. The molecule has 0 unspecified atom stereocenters. The van der Waals surface area contributed by atoms with Crippen molar-refractivity contribution in [1.82, 2.24) is 5.32 Å². The normalized spacial score (nSPS) is 23.5. The van der Waals surface area contributed by atoms with Crippen LogP contribution in [0.3, 0.4) is 0 Å². The molecular formula is C17H23N. The summed E-state index contributed by atoms with van der Waals surface area (Å²) in [5.74, 6) is 0. The van der Waals surface area contributed by atoms with E-state index in [1.165, 1.54) is 44.1 Å². The maximum atomic E-state index is 3.24. The molecule has 1 heteroatoms. The molecule has 1 nitrogen and oxygen atoms in total. The van der Waals surface area contributed by atoms with Gasteiger partial charge in [-0.1, -0.05) is 49.6 Å². The fraction of sp³-hybridized carbons (Fsp3) is 0.529. The molecule has 18 heavy (non-hydrogen) atoms. The van der Waals surface area contributed by atoms with E-state index in [2.05, 4.69) is 35.7 Å². The average molecular weight is 241 g/mol. The Hall–Kier alpha value is -1.08. The van der Waals surface area contributed by atoms with Gasteiger partial charge < -0.3 is 5.32 Å². The van der Waals surface area contributed by atoms with Gasteiger partial charge in [0, 0.05) is 6.54 Å². The summed E-state index contributed by atoms with van der Waals surface area (Å²) in [5.41, 5.74) is 5.21. The highest BCUT2D eigenvalue weighted by molar-refractivity contribution is 5.75. The molecule has 1 aromatic rings. The molecule has 0 amide bonds. The lowest BCUT2D eigenvalue weighted by Gasteiger charge is -2.34. The summed E-state index contributed by atoms with van der Waals surface area (Å²) in [5, 5.41) is 3.24. The molecule has 3 rings (SSSR count). The number of hydrogen-bond acceptors (Lipinski definition) is 1. The molecular weight excluding hydrogens is 218 g/mol. The molecule has 0 heterocycles. The number of benzene rings is 1. The van der Waals surface area contributed by atoms with Gasteiger partial charge in [-0.25, -0.2) is 0 Å². The van der Waals surface area contributed by atoms with Gasteiger partial charge in [-0.2, -0.15) is 0 Å². The van der Waals surface area contributed by atoms with Crippen molar-refractivity contribution in [3.63, 3.8) is 0 Å². The van der Waals surface area contributed by atoms with Crippen molar-refractivity contribution in [2.45, 2.75) is 43.9 Å². The van der Waals surface area contributed by atoms with Crippen LogP contribution >= 0.6 is 0 Å². The van der Waals surface area contributed by atoms with Gasteiger partial charge in [-0.05, 0) is 48.4 Å². The highest BCUT2D eigenvalue weighted by Crippen LogP contribution is 2.52. The van der Waals surface area contributed by atoms with Crippen LogP contribution in [0.4, 0.5) is 0 Å². The molecule has 0 radical (unpaired) electrons. The Morgan fingerprint density at radius 3 is 2.72 bits per heavy atom. The van der Waals surface area contributed by atoms with Crippen molar-refractivity contribution >= 4 is 5.57 Å². The van der Waals surface area contributed by atoms with Gasteiger partial charge in [0.2, 0.25) is 0 Å². The highest BCUT2D eigenvalue weighted by Gasteiger charge is 2.41. The lowest BCUT2D eigenvalue weighted by Crippen LogP contribution is -2.25. The molecule has 1 spiro atoms. The molecule has 0 saturated heterocycles. The minimum absolute atomic E-state index is 0.481. The molecule has 2 aliphatic carbocycles. The molecule has 0 atom stereocenters. The topological polar surface area (TPSA) is 12.0 Å². The summed E-state index contributed by atoms with van der Waals surface area (Å²) in [6.07, 6.45) is 10.7. The summed E-state index contributed by atoms with van der Waals surface area (Å²) in [7, 11) is 2.02. The minimum atomic E-state index is 0.481. The lowest BCUT2D eigenvalue weighted by atomic mass is 9.70. The van der Waals surface area contributed by atoms with Crippen LogP contribution in [0.1, 0.15) is 49.7 Å². The van der Waals surface area contributed by atoms with Gasteiger partial charge in [0.25, 0.3) is 0 Å². The maximum absolute atomic E-state index is 3.24. The van der Waals surface area contributed by atoms with E-state index in [0.717, 1.165) is 6.54 Å². The van der Waals surface area contributed by atoms with Gasteiger partial charge in [-0.3, -0.25) is 0 Å². The predicted molar refractivity (Wildman–Crippen MR) is 77.7 cm³/mol.